The molecule has 0 bridgehead atoms. The molecule has 1 fully saturated rings. The predicted octanol–water partition coefficient (Wildman–Crippen LogP) is 1.92. The number of carbonyl (C=O) groups excluding carboxylic acids is 2. The van der Waals surface area contributed by atoms with E-state index in [1.165, 1.54) is 18.2 Å². The number of carbonyl (C=O) groups is 2. The van der Waals surface area contributed by atoms with Crippen LogP contribution in [0, 0.1) is 24.0 Å². The van der Waals surface area contributed by atoms with Gasteiger partial charge in [-0.15, -0.1) is 0 Å². The number of nitro benzene ring substituents is 1. The molecule has 0 spiro atoms. The highest BCUT2D eigenvalue weighted by molar-refractivity contribution is 7.80. The van der Waals surface area contributed by atoms with Gasteiger partial charge in [0, 0.05) is 23.5 Å². The van der Waals surface area contributed by atoms with Gasteiger partial charge >= 0.3 is 0 Å². The van der Waals surface area contributed by atoms with Crippen LogP contribution in [0.3, 0.4) is 0 Å². The van der Waals surface area contributed by atoms with E-state index in [0.717, 1.165) is 11.4 Å². The lowest BCUT2D eigenvalue weighted by Crippen LogP contribution is -2.51. The summed E-state index contributed by atoms with van der Waals surface area (Å²) in [6.45, 7) is 3.64. The molecule has 2 heterocycles. The number of aromatic nitrogens is 1. The minimum absolute atomic E-state index is 0.0190. The molecule has 0 radical (unpaired) electrons. The van der Waals surface area contributed by atoms with E-state index in [-0.39, 0.29) is 16.4 Å². The third-order valence-corrected chi connectivity index (χ3v) is 4.22. The van der Waals surface area contributed by atoms with E-state index in [4.69, 9.17) is 12.2 Å². The fourth-order valence-corrected chi connectivity index (χ4v) is 3.02. The molecule has 1 aromatic carbocycles. The molecule has 0 atom stereocenters. The van der Waals surface area contributed by atoms with Gasteiger partial charge in [-0.3, -0.25) is 30.3 Å². The Kier molecular flexibility index (Phi) is 4.39. The summed E-state index contributed by atoms with van der Waals surface area (Å²) in [4.78, 5) is 34.6. The lowest BCUT2D eigenvalue weighted by Gasteiger charge is -2.16. The summed E-state index contributed by atoms with van der Waals surface area (Å²) >= 11 is 4.77. The van der Waals surface area contributed by atoms with Crippen LogP contribution in [0.4, 0.5) is 5.69 Å². The van der Waals surface area contributed by atoms with Gasteiger partial charge in [-0.25, -0.2) is 0 Å². The van der Waals surface area contributed by atoms with Crippen LogP contribution in [0.1, 0.15) is 17.0 Å². The van der Waals surface area contributed by atoms with Gasteiger partial charge in [0.05, 0.1) is 10.6 Å². The third kappa shape index (κ3) is 3.11. The maximum absolute atomic E-state index is 12.0. The molecule has 2 N–H and O–H groups in total. The first-order valence-corrected chi connectivity index (χ1v) is 8.01. The van der Waals surface area contributed by atoms with Crippen molar-refractivity contribution in [2.75, 3.05) is 0 Å². The number of thiocarbonyl (C=S) groups is 1. The number of hydrogen-bond acceptors (Lipinski definition) is 5. The molecule has 1 aromatic heterocycles. The fraction of sp³-hybridized carbons (Fsp3) is 0.118. The topological polar surface area (TPSA) is 106 Å². The number of nitrogens with zero attached hydrogens (tertiary/aromatic N) is 2. The number of nitrogens with one attached hydrogen (secondary N) is 2. The van der Waals surface area contributed by atoms with Crippen LogP contribution >= 0.6 is 12.2 Å². The Bertz CT molecular complexity index is 984. The average molecular weight is 370 g/mol. The van der Waals surface area contributed by atoms with E-state index in [1.54, 1.807) is 18.2 Å². The lowest BCUT2D eigenvalue weighted by molar-refractivity contribution is -0.384. The summed E-state index contributed by atoms with van der Waals surface area (Å²) in [6, 6.07) is 8.04. The van der Waals surface area contributed by atoms with Crippen LogP contribution in [0.2, 0.25) is 0 Å². The van der Waals surface area contributed by atoms with Crippen molar-refractivity contribution in [1.82, 2.24) is 15.2 Å². The molecular formula is C17H14N4O4S. The summed E-state index contributed by atoms with van der Waals surface area (Å²) < 4.78 is 1.82. The minimum atomic E-state index is -0.570. The van der Waals surface area contributed by atoms with Crippen molar-refractivity contribution in [3.63, 3.8) is 0 Å². The first kappa shape index (κ1) is 17.5. The standard InChI is InChI=1S/C17H14N4O4S/c1-9-6-11(7-14-15(22)18-17(26)19-16(14)23)10(2)20(9)12-4-3-5-13(8-12)21(24)25/h3-8H,1-2H3,(H2,18,19,22,23,26). The molecule has 132 valence electrons. The van der Waals surface area contributed by atoms with E-state index >= 15 is 0 Å². The Morgan fingerprint density at radius 3 is 2.42 bits per heavy atom. The Morgan fingerprint density at radius 1 is 1.15 bits per heavy atom. The van der Waals surface area contributed by atoms with Crippen molar-refractivity contribution >= 4 is 40.9 Å². The molecule has 0 unspecified atom stereocenters. The molecule has 1 aliphatic rings. The van der Waals surface area contributed by atoms with Gasteiger partial charge in [0.2, 0.25) is 0 Å². The average Bonchev–Trinajstić information content (AvgIpc) is 2.84. The highest BCUT2D eigenvalue weighted by Gasteiger charge is 2.26. The van der Waals surface area contributed by atoms with Gasteiger partial charge in [-0.1, -0.05) is 6.07 Å². The molecule has 2 aromatic rings. The highest BCUT2D eigenvalue weighted by Crippen LogP contribution is 2.25. The second-order valence-corrected chi connectivity index (χ2v) is 6.14. The summed E-state index contributed by atoms with van der Waals surface area (Å²) in [5.41, 5.74) is 2.75. The summed E-state index contributed by atoms with van der Waals surface area (Å²) in [7, 11) is 0. The molecule has 8 nitrogen and oxygen atoms in total. The first-order valence-electron chi connectivity index (χ1n) is 7.60. The number of hydrogen-bond donors (Lipinski definition) is 2. The number of nitro groups is 1. The van der Waals surface area contributed by atoms with Crippen molar-refractivity contribution in [2.24, 2.45) is 0 Å². The second-order valence-electron chi connectivity index (χ2n) is 5.73. The quantitative estimate of drug-likeness (QED) is 0.282. The Labute approximate surface area is 153 Å². The molecule has 1 saturated heterocycles. The maximum atomic E-state index is 12.0. The number of benzene rings is 1. The van der Waals surface area contributed by atoms with Crippen LogP contribution in [0.25, 0.3) is 11.8 Å². The SMILES string of the molecule is Cc1cc(C=C2C(=O)NC(=S)NC2=O)c(C)n1-c1cccc([N+](=O)[O-])c1. The summed E-state index contributed by atoms with van der Waals surface area (Å²) in [5.74, 6) is -1.14. The minimum Gasteiger partial charge on any atom is -0.318 e. The molecular weight excluding hydrogens is 356 g/mol. The number of non-ortho nitro benzene ring substituents is 1. The van der Waals surface area contributed by atoms with Crippen LogP contribution < -0.4 is 10.6 Å². The molecule has 1 aliphatic heterocycles. The second kappa shape index (κ2) is 6.52. The molecule has 9 heteroatoms. The van der Waals surface area contributed by atoms with Crippen LogP contribution in [-0.2, 0) is 9.59 Å². The van der Waals surface area contributed by atoms with E-state index in [1.807, 2.05) is 18.4 Å². The van der Waals surface area contributed by atoms with Gasteiger partial charge in [-0.05, 0) is 49.8 Å². The van der Waals surface area contributed by atoms with Crippen molar-refractivity contribution in [3.05, 3.63) is 63.0 Å². The van der Waals surface area contributed by atoms with Crippen molar-refractivity contribution in [3.8, 4) is 5.69 Å². The van der Waals surface area contributed by atoms with Crippen LogP contribution in [-0.4, -0.2) is 26.4 Å². The van der Waals surface area contributed by atoms with Crippen molar-refractivity contribution in [2.45, 2.75) is 13.8 Å². The normalized spacial score (nSPS) is 14.1. The molecule has 0 saturated carbocycles. The maximum Gasteiger partial charge on any atom is 0.271 e. The predicted molar refractivity (Wildman–Crippen MR) is 98.8 cm³/mol. The lowest BCUT2D eigenvalue weighted by atomic mass is 10.1. The molecule has 3 rings (SSSR count). The van der Waals surface area contributed by atoms with Crippen LogP contribution in [0.5, 0.6) is 0 Å². The van der Waals surface area contributed by atoms with E-state index in [2.05, 4.69) is 10.6 Å². The smallest absolute Gasteiger partial charge is 0.271 e. The number of rotatable bonds is 3. The van der Waals surface area contributed by atoms with E-state index in [0.29, 0.717) is 11.3 Å². The van der Waals surface area contributed by atoms with Crippen molar-refractivity contribution in [1.29, 1.82) is 0 Å². The van der Waals surface area contributed by atoms with Gasteiger partial charge in [0.1, 0.15) is 5.57 Å². The summed E-state index contributed by atoms with van der Waals surface area (Å²) in [6.07, 6.45) is 1.47. The van der Waals surface area contributed by atoms with Crippen LogP contribution in [0.15, 0.2) is 35.9 Å². The summed E-state index contributed by atoms with van der Waals surface area (Å²) in [5, 5.41) is 15.7. The highest BCUT2D eigenvalue weighted by atomic mass is 32.1. The van der Waals surface area contributed by atoms with E-state index < -0.39 is 16.7 Å². The van der Waals surface area contributed by atoms with Gasteiger partial charge in [0.15, 0.2) is 5.11 Å². The molecule has 26 heavy (non-hydrogen) atoms. The zero-order valence-corrected chi connectivity index (χ0v) is 14.7. The number of aryl methyl sites for hydroxylation is 1. The Balaban J connectivity index is 2.07. The van der Waals surface area contributed by atoms with Gasteiger partial charge in [-0.2, -0.15) is 0 Å². The molecule has 2 amide bonds. The Morgan fingerprint density at radius 2 is 1.81 bits per heavy atom. The Hall–Kier alpha value is -3.33. The zero-order valence-electron chi connectivity index (χ0n) is 13.9. The first-order chi connectivity index (χ1) is 12.3. The molecule has 0 aliphatic carbocycles. The monoisotopic (exact) mass is 370 g/mol. The number of amides is 2. The van der Waals surface area contributed by atoms with Crippen molar-refractivity contribution < 1.29 is 14.5 Å². The van der Waals surface area contributed by atoms with Gasteiger partial charge in [0.25, 0.3) is 17.5 Å². The zero-order chi connectivity index (χ0) is 19.0. The van der Waals surface area contributed by atoms with E-state index in [9.17, 15) is 19.7 Å². The third-order valence-electron chi connectivity index (χ3n) is 4.01. The fourth-order valence-electron chi connectivity index (χ4n) is 2.84. The largest absolute Gasteiger partial charge is 0.318 e. The van der Waals surface area contributed by atoms with Gasteiger partial charge < -0.3 is 4.57 Å².